The first kappa shape index (κ1) is 18.8. The lowest BCUT2D eigenvalue weighted by atomic mass is 10.1. The van der Waals surface area contributed by atoms with Crippen molar-refractivity contribution in [2.24, 2.45) is 0 Å². The molecule has 0 spiro atoms. The molecule has 1 fully saturated rings. The van der Waals surface area contributed by atoms with Gasteiger partial charge in [0.25, 0.3) is 5.91 Å². The van der Waals surface area contributed by atoms with Gasteiger partial charge in [-0.15, -0.1) is 0 Å². The lowest BCUT2D eigenvalue weighted by Crippen LogP contribution is -2.49. The molecule has 0 saturated carbocycles. The number of fused-ring (bicyclic) bond motifs is 1. The van der Waals surface area contributed by atoms with Crippen LogP contribution in [0.1, 0.15) is 21.9 Å². The van der Waals surface area contributed by atoms with E-state index in [0.29, 0.717) is 37.6 Å². The highest BCUT2D eigenvalue weighted by atomic mass is 19.4. The highest BCUT2D eigenvalue weighted by Crippen LogP contribution is 2.31. The van der Waals surface area contributed by atoms with E-state index >= 15 is 0 Å². The van der Waals surface area contributed by atoms with Crippen molar-refractivity contribution in [1.29, 1.82) is 0 Å². The van der Waals surface area contributed by atoms with Crippen LogP contribution in [0, 0.1) is 0 Å². The molecule has 28 heavy (non-hydrogen) atoms. The molecule has 4 rings (SSSR count). The Morgan fingerprint density at radius 1 is 1.07 bits per heavy atom. The van der Waals surface area contributed by atoms with E-state index in [1.807, 2.05) is 15.7 Å². The first-order chi connectivity index (χ1) is 13.4. The molecule has 9 heteroatoms. The molecule has 0 aliphatic carbocycles. The summed E-state index contributed by atoms with van der Waals surface area (Å²) >= 11 is 0. The number of aromatic nitrogens is 2. The topological polar surface area (TPSA) is 53.4 Å². The lowest BCUT2D eigenvalue weighted by molar-refractivity contribution is -0.137. The fourth-order valence-electron chi connectivity index (χ4n) is 3.68. The summed E-state index contributed by atoms with van der Waals surface area (Å²) in [5, 5.41) is 3.29. The zero-order valence-corrected chi connectivity index (χ0v) is 15.4. The second kappa shape index (κ2) is 7.46. The third-order valence-electron chi connectivity index (χ3n) is 5.24. The van der Waals surface area contributed by atoms with E-state index in [-0.39, 0.29) is 5.91 Å². The third-order valence-corrected chi connectivity index (χ3v) is 5.24. The summed E-state index contributed by atoms with van der Waals surface area (Å²) in [4.78, 5) is 20.9. The van der Waals surface area contributed by atoms with Crippen molar-refractivity contribution in [3.63, 3.8) is 0 Å². The number of nitrogens with one attached hydrogen (secondary N) is 1. The van der Waals surface area contributed by atoms with Gasteiger partial charge in [-0.2, -0.15) is 13.2 Å². The van der Waals surface area contributed by atoms with Crippen molar-refractivity contribution in [1.82, 2.24) is 19.8 Å². The Hall–Kier alpha value is -2.55. The number of imidazole rings is 1. The molecule has 1 aromatic heterocycles. The van der Waals surface area contributed by atoms with Crippen molar-refractivity contribution in [3.05, 3.63) is 47.5 Å². The Labute approximate surface area is 160 Å². The highest BCUT2D eigenvalue weighted by molar-refractivity contribution is 5.92. The molecule has 2 aromatic rings. The standard InChI is InChI=1S/C19H22F3N5O/c20-19(21,22)14-2-1-3-15(12-14)25-8-10-26(11-9-25)18(28)16-13-27-7-6-23-5-4-17(27)24-16/h1-3,12-13,23H,4-11H2. The number of piperazine rings is 1. The molecule has 0 unspecified atom stereocenters. The number of hydrogen-bond acceptors (Lipinski definition) is 4. The summed E-state index contributed by atoms with van der Waals surface area (Å²) < 4.78 is 40.8. The number of hydrogen-bond donors (Lipinski definition) is 1. The van der Waals surface area contributed by atoms with E-state index in [0.717, 1.165) is 44.0 Å². The Balaban J connectivity index is 1.41. The number of amides is 1. The molecule has 2 aliphatic rings. The molecule has 150 valence electrons. The summed E-state index contributed by atoms with van der Waals surface area (Å²) in [6, 6.07) is 5.33. The van der Waals surface area contributed by atoms with Gasteiger partial charge in [0.1, 0.15) is 11.5 Å². The second-order valence-electron chi connectivity index (χ2n) is 7.06. The van der Waals surface area contributed by atoms with Crippen molar-refractivity contribution in [2.75, 3.05) is 44.2 Å². The van der Waals surface area contributed by atoms with Crippen LogP contribution in [-0.2, 0) is 19.1 Å². The Morgan fingerprint density at radius 2 is 1.86 bits per heavy atom. The Kier molecular flexibility index (Phi) is 5.01. The monoisotopic (exact) mass is 393 g/mol. The molecule has 0 bridgehead atoms. The van der Waals surface area contributed by atoms with Gasteiger partial charge in [0.05, 0.1) is 5.56 Å². The third kappa shape index (κ3) is 3.84. The highest BCUT2D eigenvalue weighted by Gasteiger charge is 2.31. The zero-order chi connectivity index (χ0) is 19.7. The first-order valence-corrected chi connectivity index (χ1v) is 9.40. The maximum atomic E-state index is 12.9. The summed E-state index contributed by atoms with van der Waals surface area (Å²) in [6.45, 7) is 4.39. The minimum Gasteiger partial charge on any atom is -0.368 e. The van der Waals surface area contributed by atoms with Crippen LogP contribution >= 0.6 is 0 Å². The number of alkyl halides is 3. The van der Waals surface area contributed by atoms with Crippen molar-refractivity contribution < 1.29 is 18.0 Å². The fraction of sp³-hybridized carbons (Fsp3) is 0.474. The van der Waals surface area contributed by atoms with Gasteiger partial charge in [-0.05, 0) is 18.2 Å². The summed E-state index contributed by atoms with van der Waals surface area (Å²) in [6.07, 6.45) is -1.76. The number of nitrogens with zero attached hydrogens (tertiary/aromatic N) is 4. The summed E-state index contributed by atoms with van der Waals surface area (Å²) in [7, 11) is 0. The van der Waals surface area contributed by atoms with Crippen LogP contribution < -0.4 is 10.2 Å². The molecule has 1 saturated heterocycles. The number of benzene rings is 1. The number of carbonyl (C=O) groups excluding carboxylic acids is 1. The lowest BCUT2D eigenvalue weighted by Gasteiger charge is -2.36. The van der Waals surface area contributed by atoms with Gasteiger partial charge in [-0.1, -0.05) is 6.07 Å². The number of rotatable bonds is 2. The largest absolute Gasteiger partial charge is 0.416 e. The molecule has 3 heterocycles. The van der Waals surface area contributed by atoms with E-state index in [4.69, 9.17) is 0 Å². The van der Waals surface area contributed by atoms with Gasteiger partial charge >= 0.3 is 6.18 Å². The Morgan fingerprint density at radius 3 is 2.61 bits per heavy atom. The van der Waals surface area contributed by atoms with E-state index in [9.17, 15) is 18.0 Å². The van der Waals surface area contributed by atoms with Crippen LogP contribution in [0.15, 0.2) is 30.5 Å². The van der Waals surface area contributed by atoms with Crippen LogP contribution in [0.25, 0.3) is 0 Å². The number of carbonyl (C=O) groups is 1. The maximum absolute atomic E-state index is 12.9. The smallest absolute Gasteiger partial charge is 0.368 e. The zero-order valence-electron chi connectivity index (χ0n) is 15.4. The molecular weight excluding hydrogens is 371 g/mol. The van der Waals surface area contributed by atoms with Gasteiger partial charge in [0.15, 0.2) is 0 Å². The van der Waals surface area contributed by atoms with E-state index in [1.165, 1.54) is 6.07 Å². The van der Waals surface area contributed by atoms with Gasteiger partial charge in [0, 0.05) is 64.1 Å². The molecule has 1 aromatic carbocycles. The average Bonchev–Trinajstić information content (AvgIpc) is 2.97. The van der Waals surface area contributed by atoms with Crippen LogP contribution in [-0.4, -0.2) is 59.6 Å². The predicted octanol–water partition coefficient (Wildman–Crippen LogP) is 2.01. The molecule has 0 atom stereocenters. The first-order valence-electron chi connectivity index (χ1n) is 9.40. The van der Waals surface area contributed by atoms with Crippen molar-refractivity contribution >= 4 is 11.6 Å². The maximum Gasteiger partial charge on any atom is 0.416 e. The number of anilines is 1. The number of halogens is 3. The molecule has 0 radical (unpaired) electrons. The molecule has 1 N–H and O–H groups in total. The van der Waals surface area contributed by atoms with Crippen LogP contribution in [0.2, 0.25) is 0 Å². The SMILES string of the molecule is O=C(c1cn2c(n1)CCNCC2)N1CCN(c2cccc(C(F)(F)F)c2)CC1. The van der Waals surface area contributed by atoms with Gasteiger partial charge in [0.2, 0.25) is 0 Å². The summed E-state index contributed by atoms with van der Waals surface area (Å²) in [5.74, 6) is 0.799. The fourth-order valence-corrected chi connectivity index (χ4v) is 3.68. The van der Waals surface area contributed by atoms with E-state index in [2.05, 4.69) is 10.3 Å². The normalized spacial score (nSPS) is 18.0. The van der Waals surface area contributed by atoms with E-state index < -0.39 is 11.7 Å². The average molecular weight is 393 g/mol. The summed E-state index contributed by atoms with van der Waals surface area (Å²) in [5.41, 5.74) is 0.324. The van der Waals surface area contributed by atoms with Crippen LogP contribution in [0.3, 0.4) is 0 Å². The van der Waals surface area contributed by atoms with Gasteiger partial charge in [-0.25, -0.2) is 4.98 Å². The molecule has 1 amide bonds. The quantitative estimate of drug-likeness (QED) is 0.848. The molecular formula is C19H22F3N5O. The Bertz CT molecular complexity index is 832. The van der Waals surface area contributed by atoms with Crippen molar-refractivity contribution in [3.8, 4) is 0 Å². The van der Waals surface area contributed by atoms with Crippen molar-refractivity contribution in [2.45, 2.75) is 19.1 Å². The minimum atomic E-state index is -4.36. The van der Waals surface area contributed by atoms with Gasteiger partial charge in [-0.3, -0.25) is 4.79 Å². The van der Waals surface area contributed by atoms with E-state index in [1.54, 1.807) is 11.0 Å². The minimum absolute atomic E-state index is 0.114. The molecule has 2 aliphatic heterocycles. The van der Waals surface area contributed by atoms with Crippen LogP contribution in [0.5, 0.6) is 0 Å². The van der Waals surface area contributed by atoms with Gasteiger partial charge < -0.3 is 19.7 Å². The second-order valence-corrected chi connectivity index (χ2v) is 7.06. The molecule has 6 nitrogen and oxygen atoms in total. The van der Waals surface area contributed by atoms with Crippen LogP contribution in [0.4, 0.5) is 18.9 Å². The predicted molar refractivity (Wildman–Crippen MR) is 98.4 cm³/mol.